The van der Waals surface area contributed by atoms with E-state index in [4.69, 9.17) is 5.26 Å². The van der Waals surface area contributed by atoms with Crippen molar-refractivity contribution in [2.24, 2.45) is 0 Å². The van der Waals surface area contributed by atoms with E-state index in [9.17, 15) is 9.59 Å². The van der Waals surface area contributed by atoms with Gasteiger partial charge >= 0.3 is 0 Å². The Morgan fingerprint density at radius 2 is 1.57 bits per heavy atom. The van der Waals surface area contributed by atoms with E-state index in [1.807, 2.05) is 5.40 Å². The minimum Gasteiger partial charge on any atom is -0.326 e. The minimum absolute atomic E-state index is 0.127. The summed E-state index contributed by atoms with van der Waals surface area (Å²) in [7, 11) is 0. The summed E-state index contributed by atoms with van der Waals surface area (Å²) in [4.78, 5) is 23.8. The Balaban J connectivity index is 1.91. The van der Waals surface area contributed by atoms with Gasteiger partial charge in [0.15, 0.2) is 0 Å². The van der Waals surface area contributed by atoms with Gasteiger partial charge in [-0.05, 0) is 53.7 Å². The van der Waals surface area contributed by atoms with Crippen LogP contribution in [0.2, 0.25) is 0 Å². The fourth-order valence-corrected chi connectivity index (χ4v) is 2.34. The first-order valence-corrected chi connectivity index (χ1v) is 7.71. The smallest absolute Gasteiger partial charge is 0.228 e. The molecule has 0 spiro atoms. The third-order valence-electron chi connectivity index (χ3n) is 2.94. The first-order chi connectivity index (χ1) is 11.1. The average molecular weight is 325 g/mol. The Morgan fingerprint density at radius 3 is 2.13 bits per heavy atom. The van der Waals surface area contributed by atoms with Crippen LogP contribution in [0.25, 0.3) is 0 Å². The van der Waals surface area contributed by atoms with Crippen molar-refractivity contribution in [2.45, 2.75) is 18.2 Å². The van der Waals surface area contributed by atoms with E-state index in [-0.39, 0.29) is 18.2 Å². The van der Waals surface area contributed by atoms with Crippen LogP contribution in [-0.4, -0.2) is 11.8 Å². The summed E-state index contributed by atoms with van der Waals surface area (Å²) >= 11 is 1.07. The molecule has 2 N–H and O–H groups in total. The van der Waals surface area contributed by atoms with Crippen LogP contribution in [0, 0.1) is 10.7 Å². The predicted octanol–water partition coefficient (Wildman–Crippen LogP) is 3.40. The molecule has 2 rings (SSSR count). The molecule has 2 aromatic carbocycles. The molecule has 0 aromatic heterocycles. The third kappa shape index (κ3) is 5.49. The number of carbonyl (C=O) groups excluding carboxylic acids is 2. The molecular weight excluding hydrogens is 310 g/mol. The second-order valence-corrected chi connectivity index (χ2v) is 5.68. The lowest BCUT2D eigenvalue weighted by Crippen LogP contribution is -2.14. The zero-order chi connectivity index (χ0) is 16.7. The van der Waals surface area contributed by atoms with Crippen molar-refractivity contribution in [3.8, 4) is 5.40 Å². The minimum atomic E-state index is -0.131. The van der Waals surface area contributed by atoms with Crippen LogP contribution in [-0.2, 0) is 16.0 Å². The maximum absolute atomic E-state index is 12.0. The van der Waals surface area contributed by atoms with Crippen LogP contribution in [0.4, 0.5) is 11.4 Å². The summed E-state index contributed by atoms with van der Waals surface area (Å²) in [6.45, 7) is 1.45. The number of thioether (sulfide) groups is 1. The number of nitriles is 1. The molecule has 6 heteroatoms. The molecule has 0 fully saturated rings. The number of hydrogen-bond acceptors (Lipinski definition) is 4. The molecular formula is C17H15N3O2S. The van der Waals surface area contributed by atoms with Gasteiger partial charge in [-0.25, -0.2) is 0 Å². The topological polar surface area (TPSA) is 82.0 Å². The lowest BCUT2D eigenvalue weighted by Gasteiger charge is -2.07. The van der Waals surface area contributed by atoms with Crippen molar-refractivity contribution < 1.29 is 9.59 Å². The molecule has 5 nitrogen and oxygen atoms in total. The molecule has 0 saturated carbocycles. The van der Waals surface area contributed by atoms with Crippen molar-refractivity contribution in [3.05, 3.63) is 54.1 Å². The number of rotatable bonds is 5. The number of benzene rings is 2. The zero-order valence-corrected chi connectivity index (χ0v) is 13.3. The van der Waals surface area contributed by atoms with Crippen molar-refractivity contribution >= 4 is 35.0 Å². The lowest BCUT2D eigenvalue weighted by atomic mass is 10.1. The van der Waals surface area contributed by atoms with Gasteiger partial charge in [0.25, 0.3) is 0 Å². The Bertz CT molecular complexity index is 734. The number of amides is 2. The maximum atomic E-state index is 12.0. The van der Waals surface area contributed by atoms with E-state index >= 15 is 0 Å². The fourth-order valence-electron chi connectivity index (χ4n) is 1.96. The SMILES string of the molecule is CC(=O)Nc1ccc(CC(=O)Nc2ccc(SC#N)cc2)cc1. The van der Waals surface area contributed by atoms with Crippen LogP contribution in [0.3, 0.4) is 0 Å². The highest BCUT2D eigenvalue weighted by atomic mass is 32.2. The molecule has 0 unspecified atom stereocenters. The first-order valence-electron chi connectivity index (χ1n) is 6.89. The summed E-state index contributed by atoms with van der Waals surface area (Å²) in [5.74, 6) is -0.258. The summed E-state index contributed by atoms with van der Waals surface area (Å²) in [5, 5.41) is 16.1. The largest absolute Gasteiger partial charge is 0.326 e. The van der Waals surface area contributed by atoms with Gasteiger partial charge < -0.3 is 10.6 Å². The van der Waals surface area contributed by atoms with Gasteiger partial charge in [0, 0.05) is 23.2 Å². The van der Waals surface area contributed by atoms with Crippen molar-refractivity contribution in [1.29, 1.82) is 5.26 Å². The van der Waals surface area contributed by atoms with E-state index in [0.29, 0.717) is 11.4 Å². The van der Waals surface area contributed by atoms with Gasteiger partial charge in [0.05, 0.1) is 6.42 Å². The highest BCUT2D eigenvalue weighted by Gasteiger charge is 2.05. The van der Waals surface area contributed by atoms with E-state index in [1.165, 1.54) is 6.92 Å². The van der Waals surface area contributed by atoms with Gasteiger partial charge in [-0.15, -0.1) is 0 Å². The Morgan fingerprint density at radius 1 is 1.00 bits per heavy atom. The zero-order valence-electron chi connectivity index (χ0n) is 12.5. The van der Waals surface area contributed by atoms with Gasteiger partial charge in [0.2, 0.25) is 11.8 Å². The van der Waals surface area contributed by atoms with Crippen LogP contribution < -0.4 is 10.6 Å². The number of nitrogens with zero attached hydrogens (tertiary/aromatic N) is 1. The second kappa shape index (κ2) is 8.01. The Kier molecular flexibility index (Phi) is 5.78. The number of hydrogen-bond donors (Lipinski definition) is 2. The van der Waals surface area contributed by atoms with E-state index in [1.54, 1.807) is 48.5 Å². The Labute approximate surface area is 138 Å². The average Bonchev–Trinajstić information content (AvgIpc) is 2.51. The molecule has 0 atom stereocenters. The second-order valence-electron chi connectivity index (χ2n) is 4.82. The molecule has 0 bridgehead atoms. The van der Waals surface area contributed by atoms with E-state index in [2.05, 4.69) is 10.6 Å². The van der Waals surface area contributed by atoms with Crippen LogP contribution in [0.15, 0.2) is 53.4 Å². The normalized spacial score (nSPS) is 9.74. The highest BCUT2D eigenvalue weighted by molar-refractivity contribution is 8.03. The molecule has 0 aliphatic rings. The van der Waals surface area contributed by atoms with E-state index in [0.717, 1.165) is 22.2 Å². The summed E-state index contributed by atoms with van der Waals surface area (Å²) in [5.41, 5.74) is 2.24. The molecule has 23 heavy (non-hydrogen) atoms. The van der Waals surface area contributed by atoms with Crippen molar-refractivity contribution in [3.63, 3.8) is 0 Å². The summed E-state index contributed by atoms with van der Waals surface area (Å²) in [6.07, 6.45) is 0.245. The maximum Gasteiger partial charge on any atom is 0.228 e. The number of anilines is 2. The molecule has 2 amide bonds. The Hall–Kier alpha value is -2.78. The molecule has 2 aromatic rings. The van der Waals surface area contributed by atoms with Crippen LogP contribution in [0.1, 0.15) is 12.5 Å². The summed E-state index contributed by atoms with van der Waals surface area (Å²) < 4.78 is 0. The molecule has 0 radical (unpaired) electrons. The third-order valence-corrected chi connectivity index (χ3v) is 3.54. The monoisotopic (exact) mass is 325 g/mol. The highest BCUT2D eigenvalue weighted by Crippen LogP contribution is 2.19. The molecule has 0 aliphatic heterocycles. The van der Waals surface area contributed by atoms with Gasteiger partial charge in [-0.2, -0.15) is 5.26 Å². The van der Waals surface area contributed by atoms with Gasteiger partial charge in [-0.1, -0.05) is 12.1 Å². The van der Waals surface area contributed by atoms with Crippen molar-refractivity contribution in [2.75, 3.05) is 10.6 Å². The number of thiocyanates is 1. The quantitative estimate of drug-likeness (QED) is 0.652. The van der Waals surface area contributed by atoms with Gasteiger partial charge in [-0.3, -0.25) is 9.59 Å². The first kappa shape index (κ1) is 16.6. The van der Waals surface area contributed by atoms with Crippen LogP contribution in [0.5, 0.6) is 0 Å². The molecule has 116 valence electrons. The standard InChI is InChI=1S/C17H15N3O2S/c1-12(21)19-14-4-2-13(3-5-14)10-17(22)20-15-6-8-16(9-7-15)23-11-18/h2-9H,10H2,1H3,(H,19,21)(H,20,22). The lowest BCUT2D eigenvalue weighted by molar-refractivity contribution is -0.116. The summed E-state index contributed by atoms with van der Waals surface area (Å²) in [6, 6.07) is 14.2. The van der Waals surface area contributed by atoms with Crippen LogP contribution >= 0.6 is 11.8 Å². The number of carbonyl (C=O) groups is 2. The van der Waals surface area contributed by atoms with Crippen molar-refractivity contribution in [1.82, 2.24) is 0 Å². The molecule has 0 saturated heterocycles. The predicted molar refractivity (Wildman–Crippen MR) is 91.0 cm³/mol. The number of nitrogens with one attached hydrogen (secondary N) is 2. The molecule has 0 aliphatic carbocycles. The molecule has 0 heterocycles. The van der Waals surface area contributed by atoms with Gasteiger partial charge in [0.1, 0.15) is 5.40 Å². The van der Waals surface area contributed by atoms with E-state index < -0.39 is 0 Å². The fraction of sp³-hybridized carbons (Fsp3) is 0.118.